The van der Waals surface area contributed by atoms with Gasteiger partial charge in [-0.2, -0.15) is 0 Å². The Bertz CT molecular complexity index is 668. The SMILES string of the molecule is O=c1ncccn1CC(O)c1ccc2c(c1)OCCO2. The number of ether oxygens (including phenoxy) is 2. The number of hydrogen-bond donors (Lipinski definition) is 1. The van der Waals surface area contributed by atoms with Gasteiger partial charge in [0.05, 0.1) is 12.6 Å². The number of fused-ring (bicyclic) bond motifs is 1. The molecule has 0 fully saturated rings. The fourth-order valence-electron chi connectivity index (χ4n) is 2.08. The van der Waals surface area contributed by atoms with Gasteiger partial charge in [-0.05, 0) is 23.8 Å². The molecule has 2 aromatic rings. The van der Waals surface area contributed by atoms with Crippen molar-refractivity contribution in [3.05, 3.63) is 52.7 Å². The van der Waals surface area contributed by atoms with Crippen LogP contribution in [0.1, 0.15) is 11.7 Å². The second-order valence-corrected chi connectivity index (χ2v) is 4.47. The molecule has 20 heavy (non-hydrogen) atoms. The lowest BCUT2D eigenvalue weighted by atomic mass is 10.1. The number of benzene rings is 1. The van der Waals surface area contributed by atoms with Crippen LogP contribution in [0.2, 0.25) is 0 Å². The third-order valence-electron chi connectivity index (χ3n) is 3.10. The fourth-order valence-corrected chi connectivity index (χ4v) is 2.08. The minimum atomic E-state index is -0.812. The summed E-state index contributed by atoms with van der Waals surface area (Å²) < 4.78 is 12.3. The van der Waals surface area contributed by atoms with Crippen molar-refractivity contribution < 1.29 is 14.6 Å². The molecule has 0 bridgehead atoms. The molecule has 1 aliphatic rings. The van der Waals surface area contributed by atoms with E-state index in [0.29, 0.717) is 30.3 Å². The van der Waals surface area contributed by atoms with E-state index in [0.717, 1.165) is 0 Å². The lowest BCUT2D eigenvalue weighted by Gasteiger charge is -2.20. The molecule has 1 aliphatic heterocycles. The molecule has 1 unspecified atom stereocenters. The Morgan fingerprint density at radius 3 is 2.90 bits per heavy atom. The van der Waals surface area contributed by atoms with E-state index >= 15 is 0 Å². The van der Waals surface area contributed by atoms with Crippen LogP contribution in [0.3, 0.4) is 0 Å². The predicted molar refractivity (Wildman–Crippen MR) is 70.9 cm³/mol. The van der Waals surface area contributed by atoms with Crippen LogP contribution < -0.4 is 15.2 Å². The Labute approximate surface area is 115 Å². The maximum Gasteiger partial charge on any atom is 0.347 e. The lowest BCUT2D eigenvalue weighted by molar-refractivity contribution is 0.150. The summed E-state index contributed by atoms with van der Waals surface area (Å²) in [6.07, 6.45) is 2.21. The van der Waals surface area contributed by atoms with E-state index in [1.54, 1.807) is 30.5 Å². The largest absolute Gasteiger partial charge is 0.486 e. The molecule has 104 valence electrons. The van der Waals surface area contributed by atoms with Gasteiger partial charge in [-0.15, -0.1) is 0 Å². The summed E-state index contributed by atoms with van der Waals surface area (Å²) in [5.74, 6) is 1.29. The third-order valence-corrected chi connectivity index (χ3v) is 3.10. The normalized spacial score (nSPS) is 14.8. The van der Waals surface area contributed by atoms with E-state index in [1.807, 2.05) is 0 Å². The van der Waals surface area contributed by atoms with Crippen LogP contribution in [0.25, 0.3) is 0 Å². The maximum absolute atomic E-state index is 11.5. The minimum absolute atomic E-state index is 0.145. The maximum atomic E-state index is 11.5. The Morgan fingerprint density at radius 2 is 2.10 bits per heavy atom. The molecule has 1 N–H and O–H groups in total. The monoisotopic (exact) mass is 274 g/mol. The Morgan fingerprint density at radius 1 is 1.30 bits per heavy atom. The molecule has 1 atom stereocenters. The standard InChI is InChI=1S/C14H14N2O4/c17-11(9-16-5-1-4-15-14(16)18)10-2-3-12-13(8-10)20-7-6-19-12/h1-5,8,11,17H,6-7,9H2. The van der Waals surface area contributed by atoms with E-state index in [9.17, 15) is 9.90 Å². The predicted octanol–water partition coefficient (Wildman–Crippen LogP) is 0.748. The van der Waals surface area contributed by atoms with Crippen molar-refractivity contribution in [2.75, 3.05) is 13.2 Å². The van der Waals surface area contributed by atoms with Crippen molar-refractivity contribution in [1.29, 1.82) is 0 Å². The molecule has 2 heterocycles. The molecule has 0 saturated carbocycles. The number of nitrogens with zero attached hydrogens (tertiary/aromatic N) is 2. The molecule has 0 amide bonds. The van der Waals surface area contributed by atoms with E-state index in [4.69, 9.17) is 9.47 Å². The minimum Gasteiger partial charge on any atom is -0.486 e. The van der Waals surface area contributed by atoms with E-state index in [2.05, 4.69) is 4.98 Å². The van der Waals surface area contributed by atoms with Gasteiger partial charge in [0, 0.05) is 12.4 Å². The second kappa shape index (κ2) is 5.34. The molecule has 6 nitrogen and oxygen atoms in total. The topological polar surface area (TPSA) is 73.6 Å². The van der Waals surface area contributed by atoms with Gasteiger partial charge in [0.25, 0.3) is 0 Å². The Hall–Kier alpha value is -2.34. The average molecular weight is 274 g/mol. The zero-order chi connectivity index (χ0) is 13.9. The van der Waals surface area contributed by atoms with Gasteiger partial charge in [0.15, 0.2) is 11.5 Å². The van der Waals surface area contributed by atoms with Gasteiger partial charge in [-0.3, -0.25) is 4.57 Å². The van der Waals surface area contributed by atoms with Crippen molar-refractivity contribution in [1.82, 2.24) is 9.55 Å². The first kappa shape index (κ1) is 12.7. The van der Waals surface area contributed by atoms with Crippen LogP contribution in [-0.2, 0) is 6.54 Å². The van der Waals surface area contributed by atoms with Crippen LogP contribution in [0, 0.1) is 0 Å². The highest BCUT2D eigenvalue weighted by Gasteiger charge is 2.16. The van der Waals surface area contributed by atoms with Crippen LogP contribution in [0.4, 0.5) is 0 Å². The highest BCUT2D eigenvalue weighted by molar-refractivity contribution is 5.44. The summed E-state index contributed by atoms with van der Waals surface area (Å²) in [6, 6.07) is 6.91. The summed E-state index contributed by atoms with van der Waals surface area (Å²) >= 11 is 0. The molecule has 6 heteroatoms. The van der Waals surface area contributed by atoms with Crippen molar-refractivity contribution in [3.63, 3.8) is 0 Å². The van der Waals surface area contributed by atoms with Crippen LogP contribution in [-0.4, -0.2) is 27.9 Å². The molecular formula is C14H14N2O4. The molecule has 0 saturated heterocycles. The molecule has 1 aromatic carbocycles. The van der Waals surface area contributed by atoms with Crippen LogP contribution in [0.5, 0.6) is 11.5 Å². The molecule has 3 rings (SSSR count). The lowest BCUT2D eigenvalue weighted by Crippen LogP contribution is -2.24. The van der Waals surface area contributed by atoms with Gasteiger partial charge >= 0.3 is 5.69 Å². The van der Waals surface area contributed by atoms with E-state index < -0.39 is 6.10 Å². The molecule has 0 radical (unpaired) electrons. The molecule has 0 aliphatic carbocycles. The fraction of sp³-hybridized carbons (Fsp3) is 0.286. The van der Waals surface area contributed by atoms with Crippen molar-refractivity contribution >= 4 is 0 Å². The number of aliphatic hydroxyl groups is 1. The Kier molecular flexibility index (Phi) is 3.39. The quantitative estimate of drug-likeness (QED) is 0.894. The number of aliphatic hydroxyl groups excluding tert-OH is 1. The highest BCUT2D eigenvalue weighted by atomic mass is 16.6. The summed E-state index contributed by atoms with van der Waals surface area (Å²) in [5.41, 5.74) is 0.286. The van der Waals surface area contributed by atoms with Gasteiger partial charge in [0.2, 0.25) is 0 Å². The first-order valence-electron chi connectivity index (χ1n) is 6.33. The average Bonchev–Trinajstić information content (AvgIpc) is 2.49. The van der Waals surface area contributed by atoms with Crippen molar-refractivity contribution in [3.8, 4) is 11.5 Å². The smallest absolute Gasteiger partial charge is 0.347 e. The molecular weight excluding hydrogens is 260 g/mol. The number of hydrogen-bond acceptors (Lipinski definition) is 5. The highest BCUT2D eigenvalue weighted by Crippen LogP contribution is 2.32. The van der Waals surface area contributed by atoms with Crippen LogP contribution >= 0.6 is 0 Å². The van der Waals surface area contributed by atoms with Gasteiger partial charge in [0.1, 0.15) is 13.2 Å². The van der Waals surface area contributed by atoms with Crippen molar-refractivity contribution in [2.24, 2.45) is 0 Å². The summed E-state index contributed by atoms with van der Waals surface area (Å²) in [5, 5.41) is 10.2. The second-order valence-electron chi connectivity index (χ2n) is 4.47. The van der Waals surface area contributed by atoms with Gasteiger partial charge in [-0.1, -0.05) is 6.07 Å². The van der Waals surface area contributed by atoms with Gasteiger partial charge < -0.3 is 14.6 Å². The summed E-state index contributed by atoms with van der Waals surface area (Å²) in [6.45, 7) is 1.17. The van der Waals surface area contributed by atoms with Crippen molar-refractivity contribution in [2.45, 2.75) is 12.6 Å². The van der Waals surface area contributed by atoms with Gasteiger partial charge in [-0.25, -0.2) is 9.78 Å². The third kappa shape index (κ3) is 2.50. The first-order valence-corrected chi connectivity index (χ1v) is 6.33. The van der Waals surface area contributed by atoms with E-state index in [-0.39, 0.29) is 12.2 Å². The molecule has 0 spiro atoms. The number of rotatable bonds is 3. The zero-order valence-corrected chi connectivity index (χ0v) is 10.7. The van der Waals surface area contributed by atoms with E-state index in [1.165, 1.54) is 10.8 Å². The van der Waals surface area contributed by atoms with Crippen LogP contribution in [0.15, 0.2) is 41.5 Å². The zero-order valence-electron chi connectivity index (χ0n) is 10.7. The Balaban J connectivity index is 1.82. The summed E-state index contributed by atoms with van der Waals surface area (Å²) in [7, 11) is 0. The molecule has 1 aromatic heterocycles. The first-order chi connectivity index (χ1) is 9.74. The number of aromatic nitrogens is 2. The summed E-state index contributed by atoms with van der Waals surface area (Å²) in [4.78, 5) is 15.2.